The highest BCUT2D eigenvalue weighted by molar-refractivity contribution is 5.30. The zero-order valence-corrected chi connectivity index (χ0v) is 12.4. The Balaban J connectivity index is 2.08. The molecule has 112 valence electrons. The van der Waals surface area contributed by atoms with Crippen molar-refractivity contribution in [3.63, 3.8) is 0 Å². The largest absolute Gasteiger partial charge is 0.494 e. The number of aliphatic hydroxyl groups is 1. The lowest BCUT2D eigenvalue weighted by Gasteiger charge is -2.32. The van der Waals surface area contributed by atoms with Crippen LogP contribution in [0.3, 0.4) is 0 Å². The SMILES string of the molecule is COc1ccc(C(C)NC2CCCC2(C)CO)cc1F. The zero-order valence-electron chi connectivity index (χ0n) is 12.4. The Labute approximate surface area is 120 Å². The second-order valence-corrected chi connectivity index (χ2v) is 6.04. The number of benzene rings is 1. The molecule has 0 aliphatic heterocycles. The van der Waals surface area contributed by atoms with Crippen molar-refractivity contribution in [2.75, 3.05) is 13.7 Å². The van der Waals surface area contributed by atoms with Gasteiger partial charge in [0.25, 0.3) is 0 Å². The van der Waals surface area contributed by atoms with Crippen molar-refractivity contribution in [3.8, 4) is 5.75 Å². The van der Waals surface area contributed by atoms with Crippen LogP contribution in [0.15, 0.2) is 18.2 Å². The van der Waals surface area contributed by atoms with Gasteiger partial charge in [0.05, 0.1) is 7.11 Å². The highest BCUT2D eigenvalue weighted by Crippen LogP contribution is 2.38. The number of nitrogens with one attached hydrogen (secondary N) is 1. The van der Waals surface area contributed by atoms with Crippen molar-refractivity contribution in [1.29, 1.82) is 0 Å². The van der Waals surface area contributed by atoms with Gasteiger partial charge in [-0.1, -0.05) is 19.4 Å². The van der Waals surface area contributed by atoms with Crippen LogP contribution in [0.2, 0.25) is 0 Å². The second kappa shape index (κ2) is 6.10. The molecule has 1 aromatic rings. The summed E-state index contributed by atoms with van der Waals surface area (Å²) in [5.74, 6) is -0.0722. The Hall–Kier alpha value is -1.13. The van der Waals surface area contributed by atoms with Crippen LogP contribution < -0.4 is 10.1 Å². The van der Waals surface area contributed by atoms with Crippen molar-refractivity contribution >= 4 is 0 Å². The summed E-state index contributed by atoms with van der Waals surface area (Å²) in [6, 6.07) is 5.37. The van der Waals surface area contributed by atoms with E-state index in [1.54, 1.807) is 6.07 Å². The predicted octanol–water partition coefficient (Wildman–Crippen LogP) is 3.04. The third kappa shape index (κ3) is 2.96. The molecule has 0 aromatic heterocycles. The van der Waals surface area contributed by atoms with E-state index in [4.69, 9.17) is 4.74 Å². The molecular weight excluding hydrogens is 257 g/mol. The molecule has 0 saturated heterocycles. The van der Waals surface area contributed by atoms with Crippen molar-refractivity contribution in [3.05, 3.63) is 29.6 Å². The first kappa shape index (κ1) is 15.3. The van der Waals surface area contributed by atoms with E-state index in [0.29, 0.717) is 0 Å². The molecular formula is C16H24FNO2. The topological polar surface area (TPSA) is 41.5 Å². The van der Waals surface area contributed by atoms with Gasteiger partial charge in [-0.25, -0.2) is 4.39 Å². The van der Waals surface area contributed by atoms with E-state index < -0.39 is 0 Å². The van der Waals surface area contributed by atoms with Crippen LogP contribution in [0, 0.1) is 11.2 Å². The minimum Gasteiger partial charge on any atom is -0.494 e. The fourth-order valence-corrected chi connectivity index (χ4v) is 3.06. The van der Waals surface area contributed by atoms with Gasteiger partial charge in [0, 0.05) is 24.1 Å². The molecule has 0 amide bonds. The van der Waals surface area contributed by atoms with Gasteiger partial charge in [-0.3, -0.25) is 0 Å². The minimum absolute atomic E-state index is 0.0457. The van der Waals surface area contributed by atoms with Crippen LogP contribution in [0.25, 0.3) is 0 Å². The van der Waals surface area contributed by atoms with E-state index in [2.05, 4.69) is 12.2 Å². The third-order valence-electron chi connectivity index (χ3n) is 4.57. The Morgan fingerprint density at radius 1 is 1.55 bits per heavy atom. The average molecular weight is 281 g/mol. The van der Waals surface area contributed by atoms with Crippen LogP contribution in [-0.2, 0) is 0 Å². The maximum atomic E-state index is 13.7. The first-order valence-electron chi connectivity index (χ1n) is 7.20. The van der Waals surface area contributed by atoms with Crippen molar-refractivity contribution in [2.24, 2.45) is 5.41 Å². The Morgan fingerprint density at radius 3 is 2.90 bits per heavy atom. The van der Waals surface area contributed by atoms with Crippen LogP contribution in [0.4, 0.5) is 4.39 Å². The van der Waals surface area contributed by atoms with E-state index >= 15 is 0 Å². The number of aliphatic hydroxyl groups excluding tert-OH is 1. The molecule has 20 heavy (non-hydrogen) atoms. The first-order valence-corrected chi connectivity index (χ1v) is 7.20. The van der Waals surface area contributed by atoms with E-state index in [0.717, 1.165) is 24.8 Å². The lowest BCUT2D eigenvalue weighted by atomic mass is 9.85. The second-order valence-electron chi connectivity index (χ2n) is 6.04. The summed E-state index contributed by atoms with van der Waals surface area (Å²) in [6.45, 7) is 4.32. The summed E-state index contributed by atoms with van der Waals surface area (Å²) < 4.78 is 18.7. The fraction of sp³-hybridized carbons (Fsp3) is 0.625. The maximum Gasteiger partial charge on any atom is 0.165 e. The molecule has 2 N–H and O–H groups in total. The average Bonchev–Trinajstić information content (AvgIpc) is 2.80. The molecule has 0 radical (unpaired) electrons. The maximum absolute atomic E-state index is 13.7. The van der Waals surface area contributed by atoms with E-state index in [-0.39, 0.29) is 35.7 Å². The molecule has 0 heterocycles. The van der Waals surface area contributed by atoms with Gasteiger partial charge in [-0.05, 0) is 37.5 Å². The predicted molar refractivity (Wildman–Crippen MR) is 77.3 cm³/mol. The van der Waals surface area contributed by atoms with E-state index in [1.165, 1.54) is 13.2 Å². The highest BCUT2D eigenvalue weighted by Gasteiger charge is 2.38. The monoisotopic (exact) mass is 281 g/mol. The summed E-state index contributed by atoms with van der Waals surface area (Å²) >= 11 is 0. The lowest BCUT2D eigenvalue weighted by Crippen LogP contribution is -2.42. The van der Waals surface area contributed by atoms with Crippen molar-refractivity contribution < 1.29 is 14.2 Å². The lowest BCUT2D eigenvalue weighted by molar-refractivity contribution is 0.114. The molecule has 1 fully saturated rings. The molecule has 3 nitrogen and oxygen atoms in total. The molecule has 1 aliphatic rings. The number of rotatable bonds is 5. The molecule has 0 spiro atoms. The minimum atomic E-state index is -0.338. The number of hydrogen-bond donors (Lipinski definition) is 2. The van der Waals surface area contributed by atoms with Crippen LogP contribution in [-0.4, -0.2) is 24.9 Å². The molecule has 1 aliphatic carbocycles. The standard InChI is InChI=1S/C16H24FNO2/c1-11(12-6-7-14(20-3)13(17)9-12)18-15-5-4-8-16(15,2)10-19/h6-7,9,11,15,18-19H,4-5,8,10H2,1-3H3. The molecule has 2 rings (SSSR count). The number of methoxy groups -OCH3 is 1. The smallest absolute Gasteiger partial charge is 0.165 e. The van der Waals surface area contributed by atoms with Crippen LogP contribution >= 0.6 is 0 Å². The summed E-state index contributed by atoms with van der Waals surface area (Å²) in [5.41, 5.74) is 0.828. The van der Waals surface area contributed by atoms with Crippen LogP contribution in [0.1, 0.15) is 44.7 Å². The van der Waals surface area contributed by atoms with E-state index in [1.807, 2.05) is 13.0 Å². The Morgan fingerprint density at radius 2 is 2.30 bits per heavy atom. The summed E-state index contributed by atoms with van der Waals surface area (Å²) in [7, 11) is 1.46. The van der Waals surface area contributed by atoms with Crippen molar-refractivity contribution in [1.82, 2.24) is 5.32 Å². The normalized spacial score (nSPS) is 27.6. The number of hydrogen-bond acceptors (Lipinski definition) is 3. The van der Waals surface area contributed by atoms with Gasteiger partial charge in [0.2, 0.25) is 0 Å². The number of ether oxygens (including phenoxy) is 1. The van der Waals surface area contributed by atoms with Gasteiger partial charge >= 0.3 is 0 Å². The highest BCUT2D eigenvalue weighted by atomic mass is 19.1. The zero-order chi connectivity index (χ0) is 14.8. The third-order valence-corrected chi connectivity index (χ3v) is 4.57. The molecule has 3 atom stereocenters. The van der Waals surface area contributed by atoms with E-state index in [9.17, 15) is 9.50 Å². The quantitative estimate of drug-likeness (QED) is 0.871. The molecule has 3 unspecified atom stereocenters. The molecule has 0 bridgehead atoms. The van der Waals surface area contributed by atoms with Gasteiger partial charge in [0.15, 0.2) is 11.6 Å². The van der Waals surface area contributed by atoms with Gasteiger partial charge in [-0.2, -0.15) is 0 Å². The van der Waals surface area contributed by atoms with Crippen molar-refractivity contribution in [2.45, 2.75) is 45.2 Å². The fourth-order valence-electron chi connectivity index (χ4n) is 3.06. The van der Waals surface area contributed by atoms with Gasteiger partial charge in [0.1, 0.15) is 0 Å². The Bertz CT molecular complexity index is 466. The first-order chi connectivity index (χ1) is 9.50. The summed E-state index contributed by atoms with van der Waals surface area (Å²) in [6.07, 6.45) is 3.21. The molecule has 1 aromatic carbocycles. The number of halogens is 1. The van der Waals surface area contributed by atoms with Gasteiger partial charge < -0.3 is 15.2 Å². The molecule has 1 saturated carbocycles. The van der Waals surface area contributed by atoms with Crippen LogP contribution in [0.5, 0.6) is 5.75 Å². The summed E-state index contributed by atoms with van der Waals surface area (Å²) in [4.78, 5) is 0. The summed E-state index contributed by atoms with van der Waals surface area (Å²) in [5, 5.41) is 13.1. The molecule has 4 heteroatoms. The van der Waals surface area contributed by atoms with Gasteiger partial charge in [-0.15, -0.1) is 0 Å². The Kier molecular flexibility index (Phi) is 4.66.